The first-order valence-electron chi connectivity index (χ1n) is 6.17. The van der Waals surface area contributed by atoms with E-state index in [-0.39, 0.29) is 17.7 Å². The zero-order valence-corrected chi connectivity index (χ0v) is 10.7. The van der Waals surface area contributed by atoms with Gasteiger partial charge in [-0.05, 0) is 30.5 Å². The molecule has 2 saturated heterocycles. The summed E-state index contributed by atoms with van der Waals surface area (Å²) in [5.74, 6) is 0.556. The second-order valence-corrected chi connectivity index (χ2v) is 5.34. The summed E-state index contributed by atoms with van der Waals surface area (Å²) in [4.78, 5) is 14.3. The number of carbonyl (C=O) groups is 1. The zero-order valence-electron chi connectivity index (χ0n) is 9.90. The first kappa shape index (κ1) is 11.8. The first-order valence-corrected chi connectivity index (χ1v) is 6.55. The monoisotopic (exact) mass is 266 g/mol. The van der Waals surface area contributed by atoms with Crippen molar-refractivity contribution >= 4 is 17.5 Å². The molecule has 1 amide bonds. The van der Waals surface area contributed by atoms with Crippen molar-refractivity contribution in [3.63, 3.8) is 0 Å². The smallest absolute Gasteiger partial charge is 0.255 e. The van der Waals surface area contributed by atoms with Crippen LogP contribution in [0.15, 0.2) is 18.2 Å². The van der Waals surface area contributed by atoms with Crippen LogP contribution < -0.4 is 5.32 Å². The maximum absolute atomic E-state index is 12.5. The summed E-state index contributed by atoms with van der Waals surface area (Å²) in [5, 5.41) is 13.2. The van der Waals surface area contributed by atoms with Gasteiger partial charge < -0.3 is 15.3 Å². The van der Waals surface area contributed by atoms with Crippen LogP contribution in [-0.4, -0.2) is 41.6 Å². The van der Waals surface area contributed by atoms with Crippen LogP contribution in [-0.2, 0) is 0 Å². The van der Waals surface area contributed by atoms with E-state index in [2.05, 4.69) is 5.32 Å². The lowest BCUT2D eigenvalue weighted by atomic mass is 10.0. The van der Waals surface area contributed by atoms with E-state index in [4.69, 9.17) is 11.6 Å². The van der Waals surface area contributed by atoms with Gasteiger partial charge in [-0.25, -0.2) is 0 Å². The van der Waals surface area contributed by atoms with Crippen molar-refractivity contribution in [1.29, 1.82) is 0 Å². The number of carbonyl (C=O) groups excluding carboxylic acids is 1. The summed E-state index contributed by atoms with van der Waals surface area (Å²) in [6, 6.07) is 4.77. The molecule has 0 bridgehead atoms. The lowest BCUT2D eigenvalue weighted by Gasteiger charge is -2.24. The predicted molar refractivity (Wildman–Crippen MR) is 68.9 cm³/mol. The molecule has 1 aromatic carbocycles. The van der Waals surface area contributed by atoms with Crippen molar-refractivity contribution in [2.24, 2.45) is 5.92 Å². The molecular weight excluding hydrogens is 252 g/mol. The fraction of sp³-hybridized carbons (Fsp3) is 0.462. The van der Waals surface area contributed by atoms with Crippen molar-refractivity contribution < 1.29 is 9.90 Å². The highest BCUT2D eigenvalue weighted by Gasteiger charge is 2.40. The van der Waals surface area contributed by atoms with Gasteiger partial charge in [0.2, 0.25) is 0 Å². The molecule has 4 nitrogen and oxygen atoms in total. The van der Waals surface area contributed by atoms with Crippen molar-refractivity contribution in [3.8, 4) is 5.75 Å². The number of phenolic OH excluding ortho intramolecular Hbond substituents is 1. The van der Waals surface area contributed by atoms with Gasteiger partial charge in [0, 0.05) is 25.7 Å². The average Bonchev–Trinajstić information content (AvgIpc) is 2.93. The van der Waals surface area contributed by atoms with Gasteiger partial charge in [0.15, 0.2) is 0 Å². The molecule has 2 aliphatic heterocycles. The number of hydrogen-bond donors (Lipinski definition) is 2. The molecule has 3 rings (SSSR count). The van der Waals surface area contributed by atoms with Crippen molar-refractivity contribution in [2.45, 2.75) is 12.5 Å². The summed E-state index contributed by atoms with van der Waals surface area (Å²) in [6.07, 6.45) is 1.04. The van der Waals surface area contributed by atoms with Gasteiger partial charge >= 0.3 is 0 Å². The van der Waals surface area contributed by atoms with Gasteiger partial charge in [-0.3, -0.25) is 4.79 Å². The fourth-order valence-electron chi connectivity index (χ4n) is 2.93. The molecule has 2 N–H and O–H groups in total. The minimum Gasteiger partial charge on any atom is -0.508 e. The molecule has 0 radical (unpaired) electrons. The van der Waals surface area contributed by atoms with Crippen LogP contribution in [0, 0.1) is 5.92 Å². The quantitative estimate of drug-likeness (QED) is 0.810. The van der Waals surface area contributed by atoms with Gasteiger partial charge in [-0.1, -0.05) is 11.6 Å². The Kier molecular flexibility index (Phi) is 2.92. The van der Waals surface area contributed by atoms with Crippen LogP contribution in [0.4, 0.5) is 0 Å². The Morgan fingerprint density at radius 1 is 1.44 bits per heavy atom. The maximum atomic E-state index is 12.5. The summed E-state index contributed by atoms with van der Waals surface area (Å²) in [7, 11) is 0. The summed E-state index contributed by atoms with van der Waals surface area (Å²) in [6.45, 7) is 2.62. The zero-order chi connectivity index (χ0) is 12.7. The molecule has 2 atom stereocenters. The van der Waals surface area contributed by atoms with Crippen molar-refractivity contribution in [1.82, 2.24) is 10.2 Å². The summed E-state index contributed by atoms with van der Waals surface area (Å²) >= 11 is 6.04. The molecule has 0 aromatic heterocycles. The van der Waals surface area contributed by atoms with E-state index in [0.717, 1.165) is 26.1 Å². The number of benzene rings is 1. The highest BCUT2D eigenvalue weighted by molar-refractivity contribution is 6.33. The molecule has 0 saturated carbocycles. The fourth-order valence-corrected chi connectivity index (χ4v) is 3.13. The van der Waals surface area contributed by atoms with Crippen molar-refractivity contribution in [3.05, 3.63) is 28.8 Å². The third kappa shape index (κ3) is 1.85. The first-order chi connectivity index (χ1) is 8.66. The Hall–Kier alpha value is -1.26. The number of amides is 1. The molecule has 2 fully saturated rings. The Morgan fingerprint density at radius 3 is 3.11 bits per heavy atom. The second-order valence-electron chi connectivity index (χ2n) is 4.94. The number of nitrogens with zero attached hydrogens (tertiary/aromatic N) is 1. The molecule has 0 unspecified atom stereocenters. The van der Waals surface area contributed by atoms with E-state index in [1.165, 1.54) is 12.1 Å². The number of likely N-dealkylation sites (tertiary alicyclic amines) is 1. The average molecular weight is 267 g/mol. The van der Waals surface area contributed by atoms with Gasteiger partial charge in [-0.2, -0.15) is 0 Å². The van der Waals surface area contributed by atoms with Gasteiger partial charge in [0.05, 0.1) is 10.6 Å². The van der Waals surface area contributed by atoms with Crippen LogP contribution in [0.2, 0.25) is 5.02 Å². The molecule has 0 spiro atoms. The minimum absolute atomic E-state index is 0.0723. The van der Waals surface area contributed by atoms with E-state index in [1.54, 1.807) is 6.07 Å². The van der Waals surface area contributed by atoms with E-state index in [9.17, 15) is 9.90 Å². The number of nitrogens with one attached hydrogen (secondary N) is 1. The predicted octanol–water partition coefficient (Wildman–Crippen LogP) is 1.48. The van der Waals surface area contributed by atoms with E-state index in [0.29, 0.717) is 16.5 Å². The van der Waals surface area contributed by atoms with Crippen LogP contribution in [0.25, 0.3) is 0 Å². The molecule has 2 aliphatic rings. The van der Waals surface area contributed by atoms with Gasteiger partial charge in [0.1, 0.15) is 5.75 Å². The van der Waals surface area contributed by atoms with Crippen LogP contribution >= 0.6 is 11.6 Å². The standard InChI is InChI=1S/C13H15ClN2O2/c14-11-2-1-9(17)5-10(11)13(18)16-4-3-8-6-15-7-12(8)16/h1-2,5,8,12,15,17H,3-4,6-7H2/t8-,12+/m0/s1. The Morgan fingerprint density at radius 2 is 2.28 bits per heavy atom. The van der Waals surface area contributed by atoms with Gasteiger partial charge in [-0.15, -0.1) is 0 Å². The summed E-state index contributed by atoms with van der Waals surface area (Å²) < 4.78 is 0. The number of aromatic hydroxyl groups is 1. The number of rotatable bonds is 1. The molecule has 0 aliphatic carbocycles. The molecule has 18 heavy (non-hydrogen) atoms. The second kappa shape index (κ2) is 4.44. The Bertz CT molecular complexity index is 492. The highest BCUT2D eigenvalue weighted by Crippen LogP contribution is 2.30. The van der Waals surface area contributed by atoms with Crippen LogP contribution in [0.5, 0.6) is 5.75 Å². The van der Waals surface area contributed by atoms with E-state index >= 15 is 0 Å². The Balaban J connectivity index is 1.88. The summed E-state index contributed by atoms with van der Waals surface area (Å²) in [5.41, 5.74) is 0.393. The minimum atomic E-state index is -0.0768. The van der Waals surface area contributed by atoms with Crippen LogP contribution in [0.1, 0.15) is 16.8 Å². The molecule has 96 valence electrons. The van der Waals surface area contributed by atoms with Crippen molar-refractivity contribution in [2.75, 3.05) is 19.6 Å². The number of fused-ring (bicyclic) bond motifs is 1. The maximum Gasteiger partial charge on any atom is 0.255 e. The van der Waals surface area contributed by atoms with Gasteiger partial charge in [0.25, 0.3) is 5.91 Å². The lowest BCUT2D eigenvalue weighted by molar-refractivity contribution is 0.0737. The third-order valence-corrected chi connectivity index (χ3v) is 4.22. The molecule has 5 heteroatoms. The lowest BCUT2D eigenvalue weighted by Crippen LogP contribution is -2.39. The molecular formula is C13H15ClN2O2. The SMILES string of the molecule is O=C(c1cc(O)ccc1Cl)N1CC[C@H]2CNC[C@H]21. The molecule has 2 heterocycles. The molecule has 1 aromatic rings. The normalized spacial score (nSPS) is 26.4. The topological polar surface area (TPSA) is 52.6 Å². The van der Waals surface area contributed by atoms with E-state index in [1.807, 2.05) is 4.90 Å². The third-order valence-electron chi connectivity index (χ3n) is 3.89. The largest absolute Gasteiger partial charge is 0.508 e. The number of phenols is 1. The van der Waals surface area contributed by atoms with E-state index < -0.39 is 0 Å². The highest BCUT2D eigenvalue weighted by atomic mass is 35.5. The van der Waals surface area contributed by atoms with Crippen LogP contribution in [0.3, 0.4) is 0 Å². The number of hydrogen-bond acceptors (Lipinski definition) is 3. The number of halogens is 1. The Labute approximate surface area is 111 Å².